The molecule has 0 aliphatic heterocycles. The van der Waals surface area contributed by atoms with E-state index in [4.69, 9.17) is 15.7 Å². The fourth-order valence-electron chi connectivity index (χ4n) is 1.90. The molecule has 1 aromatic rings. The maximum absolute atomic E-state index is 8.73. The molecule has 4 nitrogen and oxygen atoms in total. The molecule has 1 aromatic heterocycles. The van der Waals surface area contributed by atoms with E-state index >= 15 is 0 Å². The van der Waals surface area contributed by atoms with Crippen molar-refractivity contribution >= 4 is 11.3 Å². The zero-order valence-corrected chi connectivity index (χ0v) is 11.9. The van der Waals surface area contributed by atoms with Gasteiger partial charge in [-0.05, 0) is 19.1 Å². The molecule has 0 saturated carbocycles. The van der Waals surface area contributed by atoms with E-state index in [2.05, 4.69) is 30.0 Å². The molecule has 18 heavy (non-hydrogen) atoms. The third-order valence-corrected chi connectivity index (χ3v) is 3.95. The van der Waals surface area contributed by atoms with Crippen molar-refractivity contribution in [1.82, 2.24) is 4.90 Å². The lowest BCUT2D eigenvalue weighted by molar-refractivity contribution is 0.124. The van der Waals surface area contributed by atoms with Crippen LogP contribution < -0.4 is 5.73 Å². The molecule has 0 spiro atoms. The minimum Gasteiger partial charge on any atom is -0.383 e. The van der Waals surface area contributed by atoms with Gasteiger partial charge in [-0.15, -0.1) is 11.3 Å². The molecule has 0 aliphatic carbocycles. The van der Waals surface area contributed by atoms with Crippen molar-refractivity contribution < 1.29 is 4.74 Å². The van der Waals surface area contributed by atoms with Crippen LogP contribution in [0.1, 0.15) is 22.2 Å². The zero-order chi connectivity index (χ0) is 13.4. The topological polar surface area (TPSA) is 62.3 Å². The van der Waals surface area contributed by atoms with Crippen molar-refractivity contribution in [3.8, 4) is 6.07 Å². The molecule has 0 aliphatic rings. The Hall–Kier alpha value is -0.930. The zero-order valence-electron chi connectivity index (χ0n) is 11.1. The first kappa shape index (κ1) is 15.1. The molecular formula is C13H21N3OS. The normalized spacial score (nSPS) is 12.6. The molecule has 0 amide bonds. The molecule has 2 N–H and O–H groups in total. The Morgan fingerprint density at radius 1 is 1.50 bits per heavy atom. The Kier molecular flexibility index (Phi) is 6.91. The fourth-order valence-corrected chi connectivity index (χ4v) is 2.93. The number of rotatable bonds is 8. The van der Waals surface area contributed by atoms with E-state index in [0.29, 0.717) is 19.6 Å². The number of aryl methyl sites for hydroxylation is 1. The molecule has 0 aromatic carbocycles. The number of hydrogen-bond donors (Lipinski definition) is 1. The molecular weight excluding hydrogens is 246 g/mol. The number of nitrogens with two attached hydrogens (primary N) is 1. The van der Waals surface area contributed by atoms with E-state index in [1.807, 2.05) is 0 Å². The van der Waals surface area contributed by atoms with Gasteiger partial charge in [0.05, 0.1) is 18.7 Å². The Labute approximate surface area is 113 Å². The summed E-state index contributed by atoms with van der Waals surface area (Å²) in [6.45, 7) is 4.85. The van der Waals surface area contributed by atoms with E-state index in [1.54, 1.807) is 18.4 Å². The van der Waals surface area contributed by atoms with Gasteiger partial charge in [-0.1, -0.05) is 0 Å². The summed E-state index contributed by atoms with van der Waals surface area (Å²) >= 11 is 1.77. The summed E-state index contributed by atoms with van der Waals surface area (Å²) in [4.78, 5) is 4.79. The largest absolute Gasteiger partial charge is 0.383 e. The van der Waals surface area contributed by atoms with Crippen molar-refractivity contribution in [3.05, 3.63) is 21.9 Å². The minimum absolute atomic E-state index is 0.187. The third kappa shape index (κ3) is 4.39. The van der Waals surface area contributed by atoms with Crippen molar-refractivity contribution in [2.45, 2.75) is 19.4 Å². The summed E-state index contributed by atoms with van der Waals surface area (Å²) in [5.41, 5.74) is 5.90. The summed E-state index contributed by atoms with van der Waals surface area (Å²) in [7, 11) is 1.69. The standard InChI is InChI=1S/C13H21N3OS/c1-11-4-5-13(18-11)12(10-15)16(7-3-6-14)8-9-17-2/h4-5,12H,3,7-10,15H2,1-2H3. The number of ether oxygens (including phenoxy) is 1. The van der Waals surface area contributed by atoms with Gasteiger partial charge >= 0.3 is 0 Å². The van der Waals surface area contributed by atoms with Crippen molar-refractivity contribution in [1.29, 1.82) is 5.26 Å². The monoisotopic (exact) mass is 267 g/mol. The smallest absolute Gasteiger partial charge is 0.0635 e. The molecule has 0 saturated heterocycles. The minimum atomic E-state index is 0.187. The SMILES string of the molecule is COCCN(CCC#N)C(CN)c1ccc(C)s1. The predicted molar refractivity (Wildman–Crippen MR) is 74.5 cm³/mol. The third-order valence-electron chi connectivity index (χ3n) is 2.85. The van der Waals surface area contributed by atoms with Crippen molar-refractivity contribution in [2.24, 2.45) is 5.73 Å². The highest BCUT2D eigenvalue weighted by Gasteiger charge is 2.19. The quantitative estimate of drug-likeness (QED) is 0.781. The molecule has 0 bridgehead atoms. The van der Waals surface area contributed by atoms with Crippen LogP contribution in [0, 0.1) is 18.3 Å². The number of nitriles is 1. The van der Waals surface area contributed by atoms with E-state index in [-0.39, 0.29) is 6.04 Å². The van der Waals surface area contributed by atoms with Crippen LogP contribution in [-0.4, -0.2) is 38.3 Å². The van der Waals surface area contributed by atoms with Crippen LogP contribution in [0.2, 0.25) is 0 Å². The molecule has 1 heterocycles. The highest BCUT2D eigenvalue weighted by Crippen LogP contribution is 2.26. The van der Waals surface area contributed by atoms with Crippen LogP contribution in [-0.2, 0) is 4.74 Å². The lowest BCUT2D eigenvalue weighted by Gasteiger charge is -2.29. The van der Waals surface area contributed by atoms with Gasteiger partial charge in [0.15, 0.2) is 0 Å². The summed E-state index contributed by atoms with van der Waals surface area (Å²) in [5.74, 6) is 0. The lowest BCUT2D eigenvalue weighted by Crippen LogP contribution is -2.36. The Balaban J connectivity index is 2.75. The predicted octanol–water partition coefficient (Wildman–Crippen LogP) is 1.92. The highest BCUT2D eigenvalue weighted by atomic mass is 32.1. The first-order chi connectivity index (χ1) is 8.72. The van der Waals surface area contributed by atoms with Gasteiger partial charge in [0, 0.05) is 42.9 Å². The van der Waals surface area contributed by atoms with Crippen LogP contribution in [0.3, 0.4) is 0 Å². The molecule has 5 heteroatoms. The molecule has 0 radical (unpaired) electrons. The number of methoxy groups -OCH3 is 1. The van der Waals surface area contributed by atoms with Crippen LogP contribution in [0.4, 0.5) is 0 Å². The average Bonchev–Trinajstić information content (AvgIpc) is 2.79. The van der Waals surface area contributed by atoms with Crippen molar-refractivity contribution in [3.63, 3.8) is 0 Å². The summed E-state index contributed by atoms with van der Waals surface area (Å²) in [6.07, 6.45) is 0.518. The van der Waals surface area contributed by atoms with Crippen molar-refractivity contribution in [2.75, 3.05) is 33.4 Å². The van der Waals surface area contributed by atoms with Gasteiger partial charge in [-0.25, -0.2) is 0 Å². The van der Waals surface area contributed by atoms with E-state index in [1.165, 1.54) is 9.75 Å². The summed E-state index contributed by atoms with van der Waals surface area (Å²) in [5, 5.41) is 8.73. The Morgan fingerprint density at radius 2 is 2.28 bits per heavy atom. The molecule has 1 atom stereocenters. The fraction of sp³-hybridized carbons (Fsp3) is 0.615. The number of nitrogens with zero attached hydrogens (tertiary/aromatic N) is 2. The number of thiophene rings is 1. The van der Waals surface area contributed by atoms with Crippen LogP contribution in [0.15, 0.2) is 12.1 Å². The van der Waals surface area contributed by atoms with E-state index in [9.17, 15) is 0 Å². The second-order valence-electron chi connectivity index (χ2n) is 4.14. The van der Waals surface area contributed by atoms with Gasteiger partial charge in [0.1, 0.15) is 0 Å². The lowest BCUT2D eigenvalue weighted by atomic mass is 10.2. The van der Waals surface area contributed by atoms with Gasteiger partial charge in [0.25, 0.3) is 0 Å². The highest BCUT2D eigenvalue weighted by molar-refractivity contribution is 7.12. The van der Waals surface area contributed by atoms with E-state index < -0.39 is 0 Å². The Morgan fingerprint density at radius 3 is 2.78 bits per heavy atom. The molecule has 0 fully saturated rings. The summed E-state index contributed by atoms with van der Waals surface area (Å²) < 4.78 is 5.13. The van der Waals surface area contributed by atoms with Crippen LogP contribution in [0.25, 0.3) is 0 Å². The number of hydrogen-bond acceptors (Lipinski definition) is 5. The maximum Gasteiger partial charge on any atom is 0.0635 e. The molecule has 100 valence electrons. The first-order valence-electron chi connectivity index (χ1n) is 6.09. The first-order valence-corrected chi connectivity index (χ1v) is 6.91. The maximum atomic E-state index is 8.73. The van der Waals surface area contributed by atoms with Crippen LogP contribution in [0.5, 0.6) is 0 Å². The van der Waals surface area contributed by atoms with Crippen LogP contribution >= 0.6 is 11.3 Å². The second kappa shape index (κ2) is 8.22. The second-order valence-corrected chi connectivity index (χ2v) is 5.46. The Bertz CT molecular complexity index is 386. The van der Waals surface area contributed by atoms with E-state index in [0.717, 1.165) is 13.1 Å². The van der Waals surface area contributed by atoms with Gasteiger partial charge in [-0.2, -0.15) is 5.26 Å². The van der Waals surface area contributed by atoms with Gasteiger partial charge in [0.2, 0.25) is 0 Å². The van der Waals surface area contributed by atoms with Gasteiger partial charge in [-0.3, -0.25) is 4.90 Å². The summed E-state index contributed by atoms with van der Waals surface area (Å²) in [6, 6.07) is 6.62. The molecule has 1 rings (SSSR count). The average molecular weight is 267 g/mol. The van der Waals surface area contributed by atoms with Gasteiger partial charge < -0.3 is 10.5 Å². The molecule has 1 unspecified atom stereocenters.